The van der Waals surface area contributed by atoms with Gasteiger partial charge in [0.1, 0.15) is 0 Å². The predicted octanol–water partition coefficient (Wildman–Crippen LogP) is 3.06. The third kappa shape index (κ3) is 2.17. The van der Waals surface area contributed by atoms with Crippen molar-refractivity contribution in [3.8, 4) is 11.1 Å². The monoisotopic (exact) mass is 249 g/mol. The zero-order chi connectivity index (χ0) is 13.2. The molecule has 19 heavy (non-hydrogen) atoms. The van der Waals surface area contributed by atoms with Crippen LogP contribution < -0.4 is 5.32 Å². The Balaban J connectivity index is 1.85. The highest BCUT2D eigenvalue weighted by Gasteiger charge is 2.17. The van der Waals surface area contributed by atoms with Gasteiger partial charge in [0.05, 0.1) is 0 Å². The van der Waals surface area contributed by atoms with Crippen LogP contribution in [0.1, 0.15) is 16.7 Å². The van der Waals surface area contributed by atoms with E-state index in [-0.39, 0.29) is 5.91 Å². The Kier molecular flexibility index (Phi) is 2.92. The summed E-state index contributed by atoms with van der Waals surface area (Å²) in [6.45, 7) is 4.00. The third-order valence-electron chi connectivity index (χ3n) is 3.51. The van der Waals surface area contributed by atoms with Crippen molar-refractivity contribution in [3.05, 3.63) is 71.8 Å². The Morgan fingerprint density at radius 1 is 1.16 bits per heavy atom. The molecule has 0 spiro atoms. The summed E-state index contributed by atoms with van der Waals surface area (Å²) in [5.74, 6) is -0.135. The smallest absolute Gasteiger partial charge is 0.243 e. The number of hydrogen-bond donors (Lipinski definition) is 1. The Morgan fingerprint density at radius 2 is 1.95 bits per heavy atom. The first kappa shape index (κ1) is 11.7. The number of fused-ring (bicyclic) bond motifs is 3. The summed E-state index contributed by atoms with van der Waals surface area (Å²) in [5.41, 5.74) is 6.49. The molecule has 2 heteroatoms. The summed E-state index contributed by atoms with van der Waals surface area (Å²) in [4.78, 5) is 11.2. The van der Waals surface area contributed by atoms with Crippen molar-refractivity contribution >= 4 is 5.91 Å². The average molecular weight is 249 g/mol. The summed E-state index contributed by atoms with van der Waals surface area (Å²) in [7, 11) is 0. The molecule has 0 bridgehead atoms. The zero-order valence-electron chi connectivity index (χ0n) is 10.6. The summed E-state index contributed by atoms with van der Waals surface area (Å²) < 4.78 is 0. The van der Waals surface area contributed by atoms with Crippen LogP contribution >= 0.6 is 0 Å². The molecule has 0 saturated heterocycles. The first-order chi connectivity index (χ1) is 9.28. The molecule has 0 aromatic heterocycles. The molecule has 3 rings (SSSR count). The lowest BCUT2D eigenvalue weighted by Crippen LogP contribution is -2.19. The second-order valence-electron chi connectivity index (χ2n) is 4.75. The Morgan fingerprint density at radius 3 is 2.79 bits per heavy atom. The number of amides is 1. The molecular formula is C17H15NO. The highest BCUT2D eigenvalue weighted by Crippen LogP contribution is 2.36. The molecular weight excluding hydrogens is 234 g/mol. The number of carbonyl (C=O) groups excluding carboxylic acids is 1. The van der Waals surface area contributed by atoms with Crippen LogP contribution in [0.4, 0.5) is 0 Å². The van der Waals surface area contributed by atoms with Crippen LogP contribution in [-0.4, -0.2) is 5.91 Å². The normalized spacial score (nSPS) is 11.6. The van der Waals surface area contributed by atoms with Gasteiger partial charge >= 0.3 is 0 Å². The highest BCUT2D eigenvalue weighted by molar-refractivity contribution is 5.86. The van der Waals surface area contributed by atoms with Crippen LogP contribution in [0.25, 0.3) is 11.1 Å². The van der Waals surface area contributed by atoms with E-state index in [4.69, 9.17) is 0 Å². The molecule has 0 aliphatic heterocycles. The van der Waals surface area contributed by atoms with Gasteiger partial charge in [-0.05, 0) is 40.3 Å². The molecule has 0 fully saturated rings. The first-order valence-electron chi connectivity index (χ1n) is 6.38. The molecule has 1 aliphatic carbocycles. The summed E-state index contributed by atoms with van der Waals surface area (Å²) in [6, 6.07) is 14.9. The standard InChI is InChI=1S/C17H15NO/c1-2-17(19)18-11-12-7-8-16-14(9-12)10-13-5-3-4-6-15(13)16/h2-9H,1,10-11H2,(H,18,19). The molecule has 2 aromatic rings. The highest BCUT2D eigenvalue weighted by atomic mass is 16.1. The van der Waals surface area contributed by atoms with Crippen molar-refractivity contribution in [2.45, 2.75) is 13.0 Å². The molecule has 1 N–H and O–H groups in total. The van der Waals surface area contributed by atoms with E-state index in [2.05, 4.69) is 54.4 Å². The van der Waals surface area contributed by atoms with E-state index in [1.54, 1.807) is 0 Å². The fourth-order valence-electron chi connectivity index (χ4n) is 2.57. The van der Waals surface area contributed by atoms with E-state index in [1.807, 2.05) is 0 Å². The molecule has 0 radical (unpaired) electrons. The van der Waals surface area contributed by atoms with Gasteiger partial charge in [0, 0.05) is 6.54 Å². The first-order valence-corrected chi connectivity index (χ1v) is 6.38. The van der Waals surface area contributed by atoms with Crippen LogP contribution in [0.3, 0.4) is 0 Å². The van der Waals surface area contributed by atoms with Gasteiger partial charge in [-0.3, -0.25) is 4.79 Å². The lowest BCUT2D eigenvalue weighted by Gasteiger charge is -2.06. The van der Waals surface area contributed by atoms with Gasteiger partial charge in [-0.25, -0.2) is 0 Å². The zero-order valence-corrected chi connectivity index (χ0v) is 10.6. The number of hydrogen-bond acceptors (Lipinski definition) is 1. The fraction of sp³-hybridized carbons (Fsp3) is 0.118. The van der Waals surface area contributed by atoms with E-state index in [9.17, 15) is 4.79 Å². The lowest BCUT2D eigenvalue weighted by molar-refractivity contribution is -0.116. The van der Waals surface area contributed by atoms with E-state index < -0.39 is 0 Å². The second kappa shape index (κ2) is 4.73. The molecule has 0 atom stereocenters. The second-order valence-corrected chi connectivity index (χ2v) is 4.75. The molecule has 0 saturated carbocycles. The predicted molar refractivity (Wildman–Crippen MR) is 76.7 cm³/mol. The molecule has 0 unspecified atom stereocenters. The van der Waals surface area contributed by atoms with Crippen LogP contribution in [0, 0.1) is 0 Å². The molecule has 0 heterocycles. The van der Waals surface area contributed by atoms with Gasteiger partial charge in [-0.2, -0.15) is 0 Å². The minimum absolute atomic E-state index is 0.135. The van der Waals surface area contributed by atoms with Crippen LogP contribution in [-0.2, 0) is 17.8 Å². The van der Waals surface area contributed by atoms with Crippen molar-refractivity contribution in [1.29, 1.82) is 0 Å². The van der Waals surface area contributed by atoms with Crippen molar-refractivity contribution in [3.63, 3.8) is 0 Å². The Labute approximate surface area is 112 Å². The number of carbonyl (C=O) groups is 1. The van der Waals surface area contributed by atoms with Crippen LogP contribution in [0.5, 0.6) is 0 Å². The largest absolute Gasteiger partial charge is 0.348 e. The molecule has 1 amide bonds. The van der Waals surface area contributed by atoms with Gasteiger partial charge in [0.15, 0.2) is 0 Å². The Bertz CT molecular complexity index is 658. The number of benzene rings is 2. The summed E-state index contributed by atoms with van der Waals surface area (Å²) in [5, 5.41) is 2.80. The summed E-state index contributed by atoms with van der Waals surface area (Å²) >= 11 is 0. The maximum Gasteiger partial charge on any atom is 0.243 e. The lowest BCUT2D eigenvalue weighted by atomic mass is 10.0. The Hall–Kier alpha value is -2.35. The van der Waals surface area contributed by atoms with E-state index in [0.29, 0.717) is 6.54 Å². The van der Waals surface area contributed by atoms with Gasteiger partial charge < -0.3 is 5.32 Å². The average Bonchev–Trinajstić information content (AvgIpc) is 2.82. The maximum absolute atomic E-state index is 11.2. The van der Waals surface area contributed by atoms with Gasteiger partial charge in [-0.1, -0.05) is 49.0 Å². The third-order valence-corrected chi connectivity index (χ3v) is 3.51. The van der Waals surface area contributed by atoms with Crippen molar-refractivity contribution in [1.82, 2.24) is 5.32 Å². The van der Waals surface area contributed by atoms with E-state index in [0.717, 1.165) is 12.0 Å². The molecule has 1 aliphatic rings. The summed E-state index contributed by atoms with van der Waals surface area (Å²) in [6.07, 6.45) is 2.28. The molecule has 2 aromatic carbocycles. The molecule has 2 nitrogen and oxygen atoms in total. The van der Waals surface area contributed by atoms with Crippen molar-refractivity contribution in [2.75, 3.05) is 0 Å². The number of rotatable bonds is 3. The fourth-order valence-corrected chi connectivity index (χ4v) is 2.57. The van der Waals surface area contributed by atoms with Crippen molar-refractivity contribution < 1.29 is 4.79 Å². The van der Waals surface area contributed by atoms with Gasteiger partial charge in [0.25, 0.3) is 0 Å². The van der Waals surface area contributed by atoms with Crippen molar-refractivity contribution in [2.24, 2.45) is 0 Å². The maximum atomic E-state index is 11.2. The van der Waals surface area contributed by atoms with Gasteiger partial charge in [0.2, 0.25) is 5.91 Å². The minimum atomic E-state index is -0.135. The minimum Gasteiger partial charge on any atom is -0.348 e. The van der Waals surface area contributed by atoms with Gasteiger partial charge in [-0.15, -0.1) is 0 Å². The SMILES string of the molecule is C=CC(=O)NCc1ccc2c(c1)Cc1ccccc1-2. The van der Waals surface area contributed by atoms with Crippen LogP contribution in [0.15, 0.2) is 55.1 Å². The van der Waals surface area contributed by atoms with E-state index >= 15 is 0 Å². The van der Waals surface area contributed by atoms with Crippen LogP contribution in [0.2, 0.25) is 0 Å². The quantitative estimate of drug-likeness (QED) is 0.710. The molecule has 94 valence electrons. The topological polar surface area (TPSA) is 29.1 Å². The number of nitrogens with one attached hydrogen (secondary N) is 1. The van der Waals surface area contributed by atoms with E-state index in [1.165, 1.54) is 28.3 Å².